The Kier molecular flexibility index (Phi) is 5.23. The number of nitrogens with one attached hydrogen (secondary N) is 1. The summed E-state index contributed by atoms with van der Waals surface area (Å²) in [5.41, 5.74) is 0.535. The van der Waals surface area contributed by atoms with Crippen molar-refractivity contribution in [1.82, 2.24) is 5.32 Å². The highest BCUT2D eigenvalue weighted by Crippen LogP contribution is 2.34. The van der Waals surface area contributed by atoms with E-state index >= 15 is 0 Å². The molecule has 0 aromatic heterocycles. The van der Waals surface area contributed by atoms with Crippen LogP contribution in [0.5, 0.6) is 5.75 Å². The Balaban J connectivity index is 2.06. The molecule has 2 unspecified atom stereocenters. The van der Waals surface area contributed by atoms with E-state index in [1.54, 1.807) is 0 Å². The molecule has 116 valence electrons. The van der Waals surface area contributed by atoms with Crippen molar-refractivity contribution in [2.75, 3.05) is 13.7 Å². The molecule has 0 saturated heterocycles. The standard InChI is InChI=1S/C17H25NO3/c1-4-11-18-17(16(19)20-3)10-9-14(12-17)21-15-8-6-5-7-13(15)2/h5-8,14,18H,4,9-12H2,1-3H3. The van der Waals surface area contributed by atoms with E-state index in [1.807, 2.05) is 31.2 Å². The molecule has 1 aliphatic carbocycles. The first kappa shape index (κ1) is 15.8. The largest absolute Gasteiger partial charge is 0.490 e. The highest BCUT2D eigenvalue weighted by atomic mass is 16.5. The zero-order valence-electron chi connectivity index (χ0n) is 13.1. The molecule has 0 amide bonds. The van der Waals surface area contributed by atoms with E-state index in [9.17, 15) is 4.79 Å². The topological polar surface area (TPSA) is 47.6 Å². The Morgan fingerprint density at radius 2 is 2.19 bits per heavy atom. The molecule has 4 heteroatoms. The summed E-state index contributed by atoms with van der Waals surface area (Å²) in [5.74, 6) is 0.727. The maximum absolute atomic E-state index is 12.2. The number of carbonyl (C=O) groups excluding carboxylic acids is 1. The number of carbonyl (C=O) groups is 1. The van der Waals surface area contributed by atoms with Crippen LogP contribution in [-0.2, 0) is 9.53 Å². The van der Waals surface area contributed by atoms with Crippen LogP contribution in [0.15, 0.2) is 24.3 Å². The molecule has 4 nitrogen and oxygen atoms in total. The molecule has 2 atom stereocenters. The third kappa shape index (κ3) is 3.56. The first-order valence-electron chi connectivity index (χ1n) is 7.67. The summed E-state index contributed by atoms with van der Waals surface area (Å²) in [6.45, 7) is 4.94. The predicted molar refractivity (Wildman–Crippen MR) is 82.5 cm³/mol. The van der Waals surface area contributed by atoms with Crippen molar-refractivity contribution < 1.29 is 14.3 Å². The zero-order chi connectivity index (χ0) is 15.3. The van der Waals surface area contributed by atoms with Gasteiger partial charge in [-0.05, 0) is 44.4 Å². The smallest absolute Gasteiger partial charge is 0.326 e. The van der Waals surface area contributed by atoms with Gasteiger partial charge in [0, 0.05) is 6.42 Å². The summed E-state index contributed by atoms with van der Waals surface area (Å²) in [6.07, 6.45) is 3.32. The van der Waals surface area contributed by atoms with E-state index in [2.05, 4.69) is 12.2 Å². The SMILES string of the molecule is CCCNC1(C(=O)OC)CCC(Oc2ccccc2C)C1. The molecule has 0 bridgehead atoms. The fraction of sp³-hybridized carbons (Fsp3) is 0.588. The lowest BCUT2D eigenvalue weighted by molar-refractivity contribution is -0.148. The molecule has 1 aliphatic rings. The van der Waals surface area contributed by atoms with Crippen LogP contribution in [0.3, 0.4) is 0 Å². The first-order valence-corrected chi connectivity index (χ1v) is 7.67. The lowest BCUT2D eigenvalue weighted by Crippen LogP contribution is -2.51. The van der Waals surface area contributed by atoms with E-state index in [1.165, 1.54) is 7.11 Å². The van der Waals surface area contributed by atoms with Gasteiger partial charge in [-0.3, -0.25) is 4.79 Å². The molecule has 1 aromatic rings. The molecular formula is C17H25NO3. The maximum atomic E-state index is 12.2. The minimum atomic E-state index is -0.585. The third-order valence-electron chi connectivity index (χ3n) is 4.15. The fourth-order valence-corrected chi connectivity index (χ4v) is 2.95. The monoisotopic (exact) mass is 291 g/mol. The quantitative estimate of drug-likeness (QED) is 0.819. The Morgan fingerprint density at radius 3 is 2.86 bits per heavy atom. The number of benzene rings is 1. The van der Waals surface area contributed by atoms with Crippen LogP contribution in [0.4, 0.5) is 0 Å². The Morgan fingerprint density at radius 1 is 1.43 bits per heavy atom. The normalized spacial score (nSPS) is 24.8. The lowest BCUT2D eigenvalue weighted by Gasteiger charge is -2.27. The van der Waals surface area contributed by atoms with Crippen LogP contribution >= 0.6 is 0 Å². The molecule has 0 spiro atoms. The Labute approximate surface area is 126 Å². The minimum Gasteiger partial charge on any atom is -0.490 e. The van der Waals surface area contributed by atoms with Gasteiger partial charge in [0.1, 0.15) is 17.4 Å². The van der Waals surface area contributed by atoms with Crippen molar-refractivity contribution in [3.8, 4) is 5.75 Å². The average Bonchev–Trinajstić information content (AvgIpc) is 2.91. The number of ether oxygens (including phenoxy) is 2. The number of aryl methyl sites for hydroxylation is 1. The molecule has 21 heavy (non-hydrogen) atoms. The third-order valence-corrected chi connectivity index (χ3v) is 4.15. The van der Waals surface area contributed by atoms with Crippen LogP contribution in [0.25, 0.3) is 0 Å². The average molecular weight is 291 g/mol. The molecular weight excluding hydrogens is 266 g/mol. The highest BCUT2D eigenvalue weighted by Gasteiger charge is 2.46. The van der Waals surface area contributed by atoms with E-state index in [0.717, 1.165) is 37.1 Å². The van der Waals surface area contributed by atoms with Gasteiger partial charge in [-0.25, -0.2) is 0 Å². The van der Waals surface area contributed by atoms with Gasteiger partial charge in [-0.1, -0.05) is 25.1 Å². The van der Waals surface area contributed by atoms with Gasteiger partial charge in [-0.15, -0.1) is 0 Å². The van der Waals surface area contributed by atoms with Gasteiger partial charge in [0.15, 0.2) is 0 Å². The van der Waals surface area contributed by atoms with Gasteiger partial charge >= 0.3 is 5.97 Å². The second-order valence-electron chi connectivity index (χ2n) is 5.75. The van der Waals surface area contributed by atoms with Gasteiger partial charge < -0.3 is 14.8 Å². The number of hydrogen-bond acceptors (Lipinski definition) is 4. The molecule has 0 aliphatic heterocycles. The van der Waals surface area contributed by atoms with Crippen molar-refractivity contribution in [3.05, 3.63) is 29.8 Å². The minimum absolute atomic E-state index is 0.0505. The fourth-order valence-electron chi connectivity index (χ4n) is 2.95. The van der Waals surface area contributed by atoms with Crippen LogP contribution in [0.1, 0.15) is 38.2 Å². The molecule has 1 N–H and O–H groups in total. The summed E-state index contributed by atoms with van der Waals surface area (Å²) in [4.78, 5) is 12.2. The summed E-state index contributed by atoms with van der Waals surface area (Å²) in [6, 6.07) is 7.98. The molecule has 1 saturated carbocycles. The van der Waals surface area contributed by atoms with Crippen LogP contribution in [0.2, 0.25) is 0 Å². The molecule has 0 radical (unpaired) electrons. The van der Waals surface area contributed by atoms with Crippen molar-refractivity contribution in [1.29, 1.82) is 0 Å². The summed E-state index contributed by atoms with van der Waals surface area (Å²) >= 11 is 0. The zero-order valence-corrected chi connectivity index (χ0v) is 13.1. The van der Waals surface area contributed by atoms with Crippen molar-refractivity contribution in [2.45, 2.75) is 51.2 Å². The van der Waals surface area contributed by atoms with E-state index in [0.29, 0.717) is 6.42 Å². The van der Waals surface area contributed by atoms with E-state index < -0.39 is 5.54 Å². The van der Waals surface area contributed by atoms with Crippen LogP contribution in [0, 0.1) is 6.92 Å². The summed E-state index contributed by atoms with van der Waals surface area (Å²) in [5, 5.41) is 3.37. The molecule has 0 heterocycles. The van der Waals surface area contributed by atoms with Crippen molar-refractivity contribution in [3.63, 3.8) is 0 Å². The summed E-state index contributed by atoms with van der Waals surface area (Å²) < 4.78 is 11.1. The maximum Gasteiger partial charge on any atom is 0.326 e. The first-order chi connectivity index (χ1) is 10.1. The van der Waals surface area contributed by atoms with Gasteiger partial charge in [0.25, 0.3) is 0 Å². The molecule has 1 aromatic carbocycles. The van der Waals surface area contributed by atoms with Crippen molar-refractivity contribution >= 4 is 5.97 Å². The van der Waals surface area contributed by atoms with E-state index in [4.69, 9.17) is 9.47 Å². The number of para-hydroxylation sites is 1. The van der Waals surface area contributed by atoms with Gasteiger partial charge in [-0.2, -0.15) is 0 Å². The predicted octanol–water partition coefficient (Wildman–Crippen LogP) is 2.84. The second-order valence-corrected chi connectivity index (χ2v) is 5.75. The molecule has 1 fully saturated rings. The summed E-state index contributed by atoms with van der Waals surface area (Å²) in [7, 11) is 1.45. The number of methoxy groups -OCH3 is 1. The molecule has 2 rings (SSSR count). The highest BCUT2D eigenvalue weighted by molar-refractivity contribution is 5.81. The second kappa shape index (κ2) is 6.94. The van der Waals surface area contributed by atoms with Crippen molar-refractivity contribution in [2.24, 2.45) is 0 Å². The van der Waals surface area contributed by atoms with Gasteiger partial charge in [0.2, 0.25) is 0 Å². The van der Waals surface area contributed by atoms with Crippen LogP contribution in [-0.4, -0.2) is 31.3 Å². The van der Waals surface area contributed by atoms with E-state index in [-0.39, 0.29) is 12.1 Å². The lowest BCUT2D eigenvalue weighted by atomic mass is 9.97. The Bertz CT molecular complexity index is 489. The van der Waals surface area contributed by atoms with Gasteiger partial charge in [0.05, 0.1) is 7.11 Å². The Hall–Kier alpha value is -1.55. The van der Waals surface area contributed by atoms with Crippen LogP contribution < -0.4 is 10.1 Å². The number of esters is 1. The number of rotatable bonds is 6. The number of hydrogen-bond donors (Lipinski definition) is 1.